The lowest BCUT2D eigenvalue weighted by atomic mass is 9.80. The minimum Gasteiger partial charge on any atom is -0.423 e. The predicted octanol–water partition coefficient (Wildman–Crippen LogP) is 9.97. The van der Waals surface area contributed by atoms with Crippen LogP contribution in [0.4, 0.5) is 0 Å². The number of unbranched alkanes of at least 4 members (excludes halogenated alkanes) is 10. The Morgan fingerprint density at radius 2 is 0.911 bits per heavy atom. The molecule has 0 bridgehead atoms. The first-order valence-electron chi connectivity index (χ1n) is 17.5. The van der Waals surface area contributed by atoms with Crippen molar-refractivity contribution in [3.05, 3.63) is 78.9 Å². The van der Waals surface area contributed by atoms with Gasteiger partial charge in [0.05, 0.1) is 0 Å². The van der Waals surface area contributed by atoms with Gasteiger partial charge in [-0.1, -0.05) is 121 Å². The van der Waals surface area contributed by atoms with E-state index in [0.717, 1.165) is 30.4 Å². The maximum Gasteiger partial charge on any atom is 0.488 e. The zero-order chi connectivity index (χ0) is 31.2. The van der Waals surface area contributed by atoms with Gasteiger partial charge in [-0.15, -0.1) is 0 Å². The second kappa shape index (κ2) is 14.7. The molecular weight excluding hydrogens is 551 g/mol. The molecule has 0 spiro atoms. The molecule has 2 aromatic heterocycles. The Labute approximate surface area is 268 Å². The molecule has 5 heteroatoms. The Hall–Kier alpha value is -3.54. The van der Waals surface area contributed by atoms with Crippen LogP contribution in [0.5, 0.6) is 0 Å². The number of hydrogen-bond acceptors (Lipinski definition) is 2. The number of rotatable bonds is 16. The molecule has 2 N–H and O–H groups in total. The number of fused-ring (bicyclic) bond motifs is 6. The molecule has 0 saturated heterocycles. The van der Waals surface area contributed by atoms with Crippen LogP contribution in [-0.2, 0) is 13.1 Å². The van der Waals surface area contributed by atoms with E-state index < -0.39 is 7.12 Å². The molecule has 0 amide bonds. The molecule has 234 valence electrons. The van der Waals surface area contributed by atoms with Crippen molar-refractivity contribution >= 4 is 56.2 Å². The van der Waals surface area contributed by atoms with Crippen LogP contribution < -0.4 is 5.46 Å². The third-order valence-electron chi connectivity index (χ3n) is 9.76. The van der Waals surface area contributed by atoms with Crippen LogP contribution in [0.1, 0.15) is 90.9 Å². The molecule has 6 aromatic rings. The van der Waals surface area contributed by atoms with Gasteiger partial charge in [0, 0.05) is 56.7 Å². The summed E-state index contributed by atoms with van der Waals surface area (Å²) in [7, 11) is -1.48. The lowest BCUT2D eigenvalue weighted by molar-refractivity contribution is 0.426. The number of nitrogens with zero attached hydrogens (tertiary/aromatic N) is 2. The van der Waals surface area contributed by atoms with Gasteiger partial charge < -0.3 is 19.2 Å². The third-order valence-corrected chi connectivity index (χ3v) is 9.76. The van der Waals surface area contributed by atoms with E-state index in [9.17, 15) is 10.0 Å². The second-order valence-corrected chi connectivity index (χ2v) is 13.0. The van der Waals surface area contributed by atoms with Gasteiger partial charge in [-0.2, -0.15) is 0 Å². The zero-order valence-electron chi connectivity index (χ0n) is 27.3. The molecule has 2 heterocycles. The molecule has 6 rings (SSSR count). The molecule has 0 fully saturated rings. The summed E-state index contributed by atoms with van der Waals surface area (Å²) >= 11 is 0. The number of aromatic nitrogens is 2. The Bertz CT molecular complexity index is 1880. The molecule has 4 nitrogen and oxygen atoms in total. The lowest BCUT2D eigenvalue weighted by Crippen LogP contribution is -2.29. The van der Waals surface area contributed by atoms with Crippen LogP contribution in [0.2, 0.25) is 0 Å². The molecule has 0 atom stereocenters. The summed E-state index contributed by atoms with van der Waals surface area (Å²) in [6.07, 6.45) is 15.4. The Balaban J connectivity index is 1.35. The van der Waals surface area contributed by atoms with Gasteiger partial charge in [0.15, 0.2) is 0 Å². The van der Waals surface area contributed by atoms with Crippen molar-refractivity contribution in [2.24, 2.45) is 0 Å². The van der Waals surface area contributed by atoms with E-state index in [1.165, 1.54) is 114 Å². The van der Waals surface area contributed by atoms with Gasteiger partial charge in [0.25, 0.3) is 0 Å². The fraction of sp³-hybridized carbons (Fsp3) is 0.400. The summed E-state index contributed by atoms with van der Waals surface area (Å²) < 4.78 is 4.95. The number of para-hydroxylation sites is 1. The van der Waals surface area contributed by atoms with Crippen LogP contribution >= 0.6 is 0 Å². The smallest absolute Gasteiger partial charge is 0.423 e. The first kappa shape index (κ1) is 31.4. The monoisotopic (exact) mass is 600 g/mol. The molecule has 0 aliphatic heterocycles. The topological polar surface area (TPSA) is 50.3 Å². The standard InChI is InChI=1S/C40H49BN2O2/c1-3-5-7-9-11-15-25-42-37-18-14-13-17-33(37)34-27-30(19-22-38(34)42)31-20-23-39-35(28-31)36-29-32(41(44)45)21-24-40(36)43(39)26-16-12-10-8-6-4-2/h13-14,17-24,27-29,44-45H,3-12,15-16,25-26H2,1-2H3. The highest BCUT2D eigenvalue weighted by atomic mass is 16.4. The second-order valence-electron chi connectivity index (χ2n) is 13.0. The maximum absolute atomic E-state index is 9.98. The van der Waals surface area contributed by atoms with E-state index in [0.29, 0.717) is 5.46 Å². The van der Waals surface area contributed by atoms with Gasteiger partial charge in [-0.3, -0.25) is 0 Å². The first-order valence-corrected chi connectivity index (χ1v) is 17.5. The molecule has 45 heavy (non-hydrogen) atoms. The largest absolute Gasteiger partial charge is 0.488 e. The summed E-state index contributed by atoms with van der Waals surface area (Å²) in [4.78, 5) is 0. The predicted molar refractivity (Wildman–Crippen MR) is 194 cm³/mol. The minimum atomic E-state index is -1.48. The quantitative estimate of drug-likeness (QED) is 0.0858. The zero-order valence-corrected chi connectivity index (χ0v) is 27.3. The fourth-order valence-electron chi connectivity index (χ4n) is 7.28. The van der Waals surface area contributed by atoms with Crippen molar-refractivity contribution in [1.29, 1.82) is 0 Å². The third kappa shape index (κ3) is 6.71. The highest BCUT2D eigenvalue weighted by molar-refractivity contribution is 6.59. The van der Waals surface area contributed by atoms with E-state index in [1.54, 1.807) is 0 Å². The van der Waals surface area contributed by atoms with Crippen LogP contribution in [0.15, 0.2) is 78.9 Å². The van der Waals surface area contributed by atoms with Gasteiger partial charge in [-0.05, 0) is 65.8 Å². The summed E-state index contributed by atoms with van der Waals surface area (Å²) in [5.74, 6) is 0. The Morgan fingerprint density at radius 3 is 1.47 bits per heavy atom. The summed E-state index contributed by atoms with van der Waals surface area (Å²) in [6.45, 7) is 6.56. The van der Waals surface area contributed by atoms with Crippen LogP contribution in [0.25, 0.3) is 54.7 Å². The SMILES string of the molecule is CCCCCCCCn1c2ccccc2c2cc(-c3ccc4c(c3)c3cc(B(O)O)ccc3n4CCCCCCCC)ccc21. The number of benzene rings is 4. The first-order chi connectivity index (χ1) is 22.1. The lowest BCUT2D eigenvalue weighted by Gasteiger charge is -2.09. The molecule has 4 aromatic carbocycles. The Morgan fingerprint density at radius 1 is 0.467 bits per heavy atom. The number of hydrogen-bond donors (Lipinski definition) is 2. The van der Waals surface area contributed by atoms with Crippen LogP contribution in [-0.4, -0.2) is 26.3 Å². The molecular formula is C40H49BN2O2. The molecule has 0 saturated carbocycles. The van der Waals surface area contributed by atoms with E-state index in [2.05, 4.69) is 89.7 Å². The molecule has 0 radical (unpaired) electrons. The molecule has 0 aliphatic carbocycles. The van der Waals surface area contributed by atoms with E-state index in [-0.39, 0.29) is 0 Å². The van der Waals surface area contributed by atoms with Gasteiger partial charge in [0.2, 0.25) is 0 Å². The summed E-state index contributed by atoms with van der Waals surface area (Å²) in [6, 6.07) is 28.5. The number of aryl methyl sites for hydroxylation is 2. The highest BCUT2D eigenvalue weighted by Crippen LogP contribution is 2.36. The van der Waals surface area contributed by atoms with E-state index >= 15 is 0 Å². The van der Waals surface area contributed by atoms with Crippen LogP contribution in [0.3, 0.4) is 0 Å². The summed E-state index contributed by atoms with van der Waals surface area (Å²) in [5.41, 5.74) is 7.93. The van der Waals surface area contributed by atoms with E-state index in [4.69, 9.17) is 0 Å². The van der Waals surface area contributed by atoms with Crippen molar-refractivity contribution in [3.8, 4) is 11.1 Å². The van der Waals surface area contributed by atoms with Gasteiger partial charge in [-0.25, -0.2) is 0 Å². The average molecular weight is 601 g/mol. The van der Waals surface area contributed by atoms with Crippen LogP contribution in [0, 0.1) is 0 Å². The van der Waals surface area contributed by atoms with Crippen molar-refractivity contribution < 1.29 is 10.0 Å². The highest BCUT2D eigenvalue weighted by Gasteiger charge is 2.17. The normalized spacial score (nSPS) is 11.9. The fourth-order valence-corrected chi connectivity index (χ4v) is 7.28. The Kier molecular flexibility index (Phi) is 10.3. The van der Waals surface area contributed by atoms with Gasteiger partial charge >= 0.3 is 7.12 Å². The van der Waals surface area contributed by atoms with Gasteiger partial charge in [0.1, 0.15) is 0 Å². The average Bonchev–Trinajstić information content (AvgIpc) is 3.55. The molecule has 0 unspecified atom stereocenters. The van der Waals surface area contributed by atoms with Crippen molar-refractivity contribution in [2.45, 2.75) is 104 Å². The minimum absolute atomic E-state index is 0.533. The van der Waals surface area contributed by atoms with E-state index in [1.807, 2.05) is 12.1 Å². The molecule has 0 aliphatic rings. The van der Waals surface area contributed by atoms with Crippen molar-refractivity contribution in [3.63, 3.8) is 0 Å². The summed E-state index contributed by atoms with van der Waals surface area (Å²) in [5, 5.41) is 24.8. The maximum atomic E-state index is 9.98. The van der Waals surface area contributed by atoms with Crippen molar-refractivity contribution in [1.82, 2.24) is 9.13 Å². The van der Waals surface area contributed by atoms with Crippen molar-refractivity contribution in [2.75, 3.05) is 0 Å².